The lowest BCUT2D eigenvalue weighted by Crippen LogP contribution is -2.13. The SMILES string of the molecule is CCOc1cc(CCCN(C)C)ccc1OC(C)C. The molecule has 0 saturated carbocycles. The highest BCUT2D eigenvalue weighted by Crippen LogP contribution is 2.29. The number of aryl methyl sites for hydroxylation is 1. The van der Waals surface area contributed by atoms with Crippen LogP contribution in [-0.2, 0) is 6.42 Å². The van der Waals surface area contributed by atoms with Gasteiger partial charge in [-0.3, -0.25) is 0 Å². The van der Waals surface area contributed by atoms with Crippen LogP contribution < -0.4 is 9.47 Å². The second-order valence-corrected chi connectivity index (χ2v) is 5.29. The van der Waals surface area contributed by atoms with Crippen molar-refractivity contribution in [1.29, 1.82) is 0 Å². The number of hydrogen-bond acceptors (Lipinski definition) is 3. The van der Waals surface area contributed by atoms with Crippen molar-refractivity contribution >= 4 is 0 Å². The molecule has 0 aliphatic heterocycles. The Hall–Kier alpha value is -1.22. The molecule has 0 spiro atoms. The van der Waals surface area contributed by atoms with Crippen molar-refractivity contribution in [2.45, 2.75) is 39.7 Å². The van der Waals surface area contributed by atoms with Crippen molar-refractivity contribution in [2.75, 3.05) is 27.2 Å². The molecule has 0 unspecified atom stereocenters. The van der Waals surface area contributed by atoms with E-state index in [1.54, 1.807) is 0 Å². The van der Waals surface area contributed by atoms with Crippen molar-refractivity contribution in [3.63, 3.8) is 0 Å². The summed E-state index contributed by atoms with van der Waals surface area (Å²) >= 11 is 0. The minimum atomic E-state index is 0.166. The smallest absolute Gasteiger partial charge is 0.161 e. The second-order valence-electron chi connectivity index (χ2n) is 5.29. The lowest BCUT2D eigenvalue weighted by atomic mass is 10.1. The van der Waals surface area contributed by atoms with Crippen LogP contribution in [0.5, 0.6) is 11.5 Å². The van der Waals surface area contributed by atoms with Gasteiger partial charge in [-0.05, 0) is 71.9 Å². The summed E-state index contributed by atoms with van der Waals surface area (Å²) in [5.74, 6) is 1.70. The predicted octanol–water partition coefficient (Wildman–Crippen LogP) is 3.37. The van der Waals surface area contributed by atoms with Gasteiger partial charge in [0.1, 0.15) is 0 Å². The van der Waals surface area contributed by atoms with E-state index in [0.29, 0.717) is 6.61 Å². The van der Waals surface area contributed by atoms with Gasteiger partial charge in [-0.1, -0.05) is 6.07 Å². The Labute approximate surface area is 117 Å². The van der Waals surface area contributed by atoms with Crippen molar-refractivity contribution in [1.82, 2.24) is 4.90 Å². The molecule has 0 N–H and O–H groups in total. The van der Waals surface area contributed by atoms with E-state index in [4.69, 9.17) is 9.47 Å². The van der Waals surface area contributed by atoms with E-state index in [1.807, 2.05) is 26.8 Å². The van der Waals surface area contributed by atoms with E-state index in [1.165, 1.54) is 5.56 Å². The molecule has 19 heavy (non-hydrogen) atoms. The molecule has 0 aromatic heterocycles. The van der Waals surface area contributed by atoms with E-state index < -0.39 is 0 Å². The Morgan fingerprint density at radius 3 is 2.47 bits per heavy atom. The van der Waals surface area contributed by atoms with Crippen molar-refractivity contribution in [3.8, 4) is 11.5 Å². The average Bonchev–Trinajstić information content (AvgIpc) is 2.31. The maximum atomic E-state index is 5.76. The topological polar surface area (TPSA) is 21.7 Å². The van der Waals surface area contributed by atoms with Crippen molar-refractivity contribution < 1.29 is 9.47 Å². The molecule has 3 nitrogen and oxygen atoms in total. The standard InChI is InChI=1S/C16H27NO2/c1-6-18-16-12-14(8-7-11-17(4)5)9-10-15(16)19-13(2)3/h9-10,12-13H,6-8,11H2,1-5H3. The van der Waals surface area contributed by atoms with Gasteiger partial charge in [0, 0.05) is 0 Å². The summed E-state index contributed by atoms with van der Waals surface area (Å²) in [5, 5.41) is 0. The van der Waals surface area contributed by atoms with Crippen LogP contribution >= 0.6 is 0 Å². The van der Waals surface area contributed by atoms with E-state index >= 15 is 0 Å². The molecule has 0 aliphatic rings. The molecule has 3 heteroatoms. The Morgan fingerprint density at radius 1 is 1.16 bits per heavy atom. The third-order valence-corrected chi connectivity index (χ3v) is 2.74. The Bertz CT molecular complexity index is 375. The van der Waals surface area contributed by atoms with Crippen LogP contribution in [0.25, 0.3) is 0 Å². The van der Waals surface area contributed by atoms with E-state index in [-0.39, 0.29) is 6.10 Å². The van der Waals surface area contributed by atoms with Crippen molar-refractivity contribution in [2.24, 2.45) is 0 Å². The molecule has 1 aromatic rings. The molecule has 1 rings (SSSR count). The van der Waals surface area contributed by atoms with Crippen LogP contribution in [0.3, 0.4) is 0 Å². The highest BCUT2D eigenvalue weighted by atomic mass is 16.5. The number of benzene rings is 1. The van der Waals surface area contributed by atoms with Crippen LogP contribution in [0, 0.1) is 0 Å². The van der Waals surface area contributed by atoms with Gasteiger partial charge in [-0.2, -0.15) is 0 Å². The normalized spacial score (nSPS) is 11.1. The minimum absolute atomic E-state index is 0.166. The lowest BCUT2D eigenvalue weighted by Gasteiger charge is -2.16. The third-order valence-electron chi connectivity index (χ3n) is 2.74. The molecule has 0 fully saturated rings. The van der Waals surface area contributed by atoms with Crippen molar-refractivity contribution in [3.05, 3.63) is 23.8 Å². The fourth-order valence-corrected chi connectivity index (χ4v) is 1.93. The second kappa shape index (κ2) is 8.05. The quantitative estimate of drug-likeness (QED) is 0.719. The van der Waals surface area contributed by atoms with E-state index in [0.717, 1.165) is 30.9 Å². The Morgan fingerprint density at radius 2 is 1.89 bits per heavy atom. The summed E-state index contributed by atoms with van der Waals surface area (Å²) in [4.78, 5) is 2.21. The maximum Gasteiger partial charge on any atom is 0.161 e. The predicted molar refractivity (Wildman–Crippen MR) is 80.3 cm³/mol. The molecule has 0 radical (unpaired) electrons. The van der Waals surface area contributed by atoms with Gasteiger partial charge < -0.3 is 14.4 Å². The molecule has 0 amide bonds. The Balaban J connectivity index is 2.71. The molecule has 0 saturated heterocycles. The van der Waals surface area contributed by atoms with Gasteiger partial charge in [0.25, 0.3) is 0 Å². The summed E-state index contributed by atoms with van der Waals surface area (Å²) < 4.78 is 11.4. The fourth-order valence-electron chi connectivity index (χ4n) is 1.93. The number of ether oxygens (including phenoxy) is 2. The van der Waals surface area contributed by atoms with E-state index in [2.05, 4.69) is 31.1 Å². The first-order valence-electron chi connectivity index (χ1n) is 7.10. The van der Waals surface area contributed by atoms with Gasteiger partial charge in [0.2, 0.25) is 0 Å². The first-order chi connectivity index (χ1) is 9.02. The minimum Gasteiger partial charge on any atom is -0.490 e. The average molecular weight is 265 g/mol. The molecule has 108 valence electrons. The molecule has 1 aromatic carbocycles. The Kier molecular flexibility index (Phi) is 6.71. The fraction of sp³-hybridized carbons (Fsp3) is 0.625. The van der Waals surface area contributed by atoms with Crippen LogP contribution in [-0.4, -0.2) is 38.3 Å². The highest BCUT2D eigenvalue weighted by Gasteiger charge is 2.08. The third kappa shape index (κ3) is 5.97. The van der Waals surface area contributed by atoms with Gasteiger partial charge in [0.15, 0.2) is 11.5 Å². The lowest BCUT2D eigenvalue weighted by molar-refractivity contribution is 0.223. The first kappa shape index (κ1) is 15.8. The van der Waals surface area contributed by atoms with Gasteiger partial charge >= 0.3 is 0 Å². The summed E-state index contributed by atoms with van der Waals surface area (Å²) in [6.45, 7) is 7.82. The maximum absolute atomic E-state index is 5.76. The van der Waals surface area contributed by atoms with Gasteiger partial charge in [-0.15, -0.1) is 0 Å². The summed E-state index contributed by atoms with van der Waals surface area (Å²) in [7, 11) is 4.20. The van der Waals surface area contributed by atoms with Crippen LogP contribution in [0.4, 0.5) is 0 Å². The summed E-state index contributed by atoms with van der Waals surface area (Å²) in [5.41, 5.74) is 1.31. The van der Waals surface area contributed by atoms with Crippen LogP contribution in [0.15, 0.2) is 18.2 Å². The largest absolute Gasteiger partial charge is 0.490 e. The van der Waals surface area contributed by atoms with Crippen LogP contribution in [0.2, 0.25) is 0 Å². The first-order valence-corrected chi connectivity index (χ1v) is 7.10. The van der Waals surface area contributed by atoms with E-state index in [9.17, 15) is 0 Å². The summed E-state index contributed by atoms with van der Waals surface area (Å²) in [6.07, 6.45) is 2.39. The number of hydrogen-bond donors (Lipinski definition) is 0. The highest BCUT2D eigenvalue weighted by molar-refractivity contribution is 5.43. The molecule has 0 bridgehead atoms. The monoisotopic (exact) mass is 265 g/mol. The number of nitrogens with zero attached hydrogens (tertiary/aromatic N) is 1. The zero-order valence-electron chi connectivity index (χ0n) is 12.9. The van der Waals surface area contributed by atoms with Crippen LogP contribution in [0.1, 0.15) is 32.8 Å². The number of rotatable bonds is 8. The molecular formula is C16H27NO2. The summed E-state index contributed by atoms with van der Waals surface area (Å²) in [6, 6.07) is 6.27. The zero-order valence-corrected chi connectivity index (χ0v) is 12.9. The molecule has 0 atom stereocenters. The zero-order chi connectivity index (χ0) is 14.3. The molecule has 0 heterocycles. The van der Waals surface area contributed by atoms with Gasteiger partial charge in [0.05, 0.1) is 12.7 Å². The molecular weight excluding hydrogens is 238 g/mol. The molecule has 0 aliphatic carbocycles. The van der Waals surface area contributed by atoms with Gasteiger partial charge in [-0.25, -0.2) is 0 Å².